The molecule has 1 spiro atoms. The van der Waals surface area contributed by atoms with E-state index in [-0.39, 0.29) is 17.6 Å². The standard InChI is InChI=1S/C27H34N2O3/c30-26(28-24-13-6-11-22-10-4-5-12-23(22)24)19-29-16-15-27(14-7-17-32-27)25(18-29)31-20-21-8-2-1-3-9-21/h1-3,6,8-9,11,13,25H,4-5,7,10,12,14-20H2,(H,28,30)/t25-,27+/m0/s1. The van der Waals surface area contributed by atoms with E-state index in [2.05, 4.69) is 34.5 Å². The van der Waals surface area contributed by atoms with E-state index in [1.807, 2.05) is 24.3 Å². The number of fused-ring (bicyclic) bond motifs is 1. The molecule has 0 saturated carbocycles. The van der Waals surface area contributed by atoms with Crippen LogP contribution in [0.1, 0.15) is 48.8 Å². The number of amides is 1. The fraction of sp³-hybridized carbons (Fsp3) is 0.519. The topological polar surface area (TPSA) is 50.8 Å². The molecule has 2 fully saturated rings. The lowest BCUT2D eigenvalue weighted by atomic mass is 9.85. The van der Waals surface area contributed by atoms with Crippen LogP contribution in [-0.4, -0.2) is 48.8 Å². The van der Waals surface area contributed by atoms with Gasteiger partial charge in [0, 0.05) is 25.4 Å². The van der Waals surface area contributed by atoms with Gasteiger partial charge in [-0.1, -0.05) is 42.5 Å². The Balaban J connectivity index is 1.22. The van der Waals surface area contributed by atoms with Gasteiger partial charge in [-0.2, -0.15) is 0 Å². The SMILES string of the molecule is O=C(CN1CC[C@]2(CCCO2)[C@@H](OCc2ccccc2)C1)Nc1cccc2c1CCCC2. The lowest BCUT2D eigenvalue weighted by Crippen LogP contribution is -2.57. The number of likely N-dealkylation sites (tertiary alicyclic amines) is 1. The molecule has 2 aromatic rings. The fourth-order valence-corrected chi connectivity index (χ4v) is 5.58. The van der Waals surface area contributed by atoms with E-state index in [0.29, 0.717) is 13.2 Å². The Morgan fingerprint density at radius 3 is 2.78 bits per heavy atom. The Kier molecular flexibility index (Phi) is 6.58. The van der Waals surface area contributed by atoms with Crippen LogP contribution in [0, 0.1) is 0 Å². The van der Waals surface area contributed by atoms with Crippen LogP contribution in [0.5, 0.6) is 0 Å². The van der Waals surface area contributed by atoms with Crippen molar-refractivity contribution in [2.45, 2.75) is 63.3 Å². The third-order valence-corrected chi connectivity index (χ3v) is 7.33. The Bertz CT molecular complexity index is 924. The smallest absolute Gasteiger partial charge is 0.238 e. The maximum atomic E-state index is 12.9. The van der Waals surface area contributed by atoms with E-state index in [1.54, 1.807) is 0 Å². The molecule has 32 heavy (non-hydrogen) atoms. The first kappa shape index (κ1) is 21.6. The van der Waals surface area contributed by atoms with Gasteiger partial charge in [0.2, 0.25) is 5.91 Å². The highest BCUT2D eigenvalue weighted by Gasteiger charge is 2.47. The number of carbonyl (C=O) groups is 1. The molecule has 1 aliphatic carbocycles. The minimum absolute atomic E-state index is 0.0174. The van der Waals surface area contributed by atoms with Crippen LogP contribution in [0.15, 0.2) is 48.5 Å². The van der Waals surface area contributed by atoms with Crippen molar-refractivity contribution in [1.29, 1.82) is 0 Å². The summed E-state index contributed by atoms with van der Waals surface area (Å²) < 4.78 is 12.7. The van der Waals surface area contributed by atoms with Crippen LogP contribution in [0.4, 0.5) is 5.69 Å². The second-order valence-electron chi connectivity index (χ2n) is 9.49. The third kappa shape index (κ3) is 4.75. The molecule has 2 aromatic carbocycles. The molecule has 0 aromatic heterocycles. The van der Waals surface area contributed by atoms with Crippen molar-refractivity contribution in [3.05, 3.63) is 65.2 Å². The number of anilines is 1. The van der Waals surface area contributed by atoms with Gasteiger partial charge in [-0.15, -0.1) is 0 Å². The average molecular weight is 435 g/mol. The van der Waals surface area contributed by atoms with Gasteiger partial charge in [-0.05, 0) is 67.7 Å². The highest BCUT2D eigenvalue weighted by atomic mass is 16.6. The van der Waals surface area contributed by atoms with E-state index >= 15 is 0 Å². The van der Waals surface area contributed by atoms with Crippen molar-refractivity contribution in [1.82, 2.24) is 4.90 Å². The van der Waals surface area contributed by atoms with Gasteiger partial charge in [0.15, 0.2) is 0 Å². The van der Waals surface area contributed by atoms with Gasteiger partial charge in [0.25, 0.3) is 0 Å². The molecule has 5 rings (SSSR count). The minimum atomic E-state index is -0.194. The van der Waals surface area contributed by atoms with Crippen molar-refractivity contribution in [2.75, 3.05) is 31.6 Å². The van der Waals surface area contributed by atoms with Crippen LogP contribution in [0.25, 0.3) is 0 Å². The van der Waals surface area contributed by atoms with Gasteiger partial charge in [-0.3, -0.25) is 9.69 Å². The lowest BCUT2D eigenvalue weighted by Gasteiger charge is -2.44. The summed E-state index contributed by atoms with van der Waals surface area (Å²) in [5.41, 5.74) is 4.69. The molecule has 1 N–H and O–H groups in total. The highest BCUT2D eigenvalue weighted by molar-refractivity contribution is 5.93. The molecular weight excluding hydrogens is 400 g/mol. The van der Waals surface area contributed by atoms with E-state index in [4.69, 9.17) is 9.47 Å². The molecular formula is C27H34N2O3. The monoisotopic (exact) mass is 434 g/mol. The highest BCUT2D eigenvalue weighted by Crippen LogP contribution is 2.38. The summed E-state index contributed by atoms with van der Waals surface area (Å²) >= 11 is 0. The molecule has 5 heteroatoms. The molecule has 2 heterocycles. The first-order chi connectivity index (χ1) is 15.7. The van der Waals surface area contributed by atoms with Crippen molar-refractivity contribution in [3.63, 3.8) is 0 Å². The Labute approximate surface area is 191 Å². The van der Waals surface area contributed by atoms with Crippen LogP contribution in [-0.2, 0) is 33.7 Å². The summed E-state index contributed by atoms with van der Waals surface area (Å²) in [6, 6.07) is 16.6. The molecule has 0 radical (unpaired) electrons. The van der Waals surface area contributed by atoms with Gasteiger partial charge in [0.05, 0.1) is 24.9 Å². The zero-order valence-electron chi connectivity index (χ0n) is 18.9. The molecule has 0 unspecified atom stereocenters. The number of piperidine rings is 1. The maximum absolute atomic E-state index is 12.9. The molecule has 5 nitrogen and oxygen atoms in total. The minimum Gasteiger partial charge on any atom is -0.372 e. The number of carbonyl (C=O) groups excluding carboxylic acids is 1. The normalized spacial score (nSPS) is 25.6. The van der Waals surface area contributed by atoms with Crippen LogP contribution < -0.4 is 5.32 Å². The summed E-state index contributed by atoms with van der Waals surface area (Å²) in [5, 5.41) is 3.20. The summed E-state index contributed by atoms with van der Waals surface area (Å²) in [7, 11) is 0. The summed E-state index contributed by atoms with van der Waals surface area (Å²) in [6.07, 6.45) is 7.66. The van der Waals surface area contributed by atoms with E-state index < -0.39 is 0 Å². The molecule has 2 saturated heterocycles. The zero-order chi connectivity index (χ0) is 21.8. The van der Waals surface area contributed by atoms with Crippen molar-refractivity contribution in [2.24, 2.45) is 0 Å². The third-order valence-electron chi connectivity index (χ3n) is 7.33. The number of hydrogen-bond acceptors (Lipinski definition) is 4. The number of hydrogen-bond donors (Lipinski definition) is 1. The largest absolute Gasteiger partial charge is 0.372 e. The van der Waals surface area contributed by atoms with Crippen LogP contribution in [0.2, 0.25) is 0 Å². The van der Waals surface area contributed by atoms with Gasteiger partial charge < -0.3 is 14.8 Å². The summed E-state index contributed by atoms with van der Waals surface area (Å²) in [6.45, 7) is 3.38. The molecule has 3 aliphatic rings. The number of ether oxygens (including phenoxy) is 2. The first-order valence-corrected chi connectivity index (χ1v) is 12.1. The van der Waals surface area contributed by atoms with Crippen molar-refractivity contribution < 1.29 is 14.3 Å². The maximum Gasteiger partial charge on any atom is 0.238 e. The Hall–Kier alpha value is -2.21. The number of rotatable bonds is 6. The quantitative estimate of drug-likeness (QED) is 0.735. The fourth-order valence-electron chi connectivity index (χ4n) is 5.58. The second kappa shape index (κ2) is 9.74. The predicted molar refractivity (Wildman–Crippen MR) is 126 cm³/mol. The van der Waals surface area contributed by atoms with Gasteiger partial charge in [-0.25, -0.2) is 0 Å². The number of aryl methyl sites for hydroxylation is 1. The van der Waals surface area contributed by atoms with Gasteiger partial charge in [0.1, 0.15) is 0 Å². The van der Waals surface area contributed by atoms with E-state index in [9.17, 15) is 4.79 Å². The van der Waals surface area contributed by atoms with Gasteiger partial charge >= 0.3 is 0 Å². The van der Waals surface area contributed by atoms with Crippen LogP contribution >= 0.6 is 0 Å². The molecule has 170 valence electrons. The summed E-state index contributed by atoms with van der Waals surface area (Å²) in [4.78, 5) is 15.2. The summed E-state index contributed by atoms with van der Waals surface area (Å²) in [5.74, 6) is 0.0640. The Morgan fingerprint density at radius 1 is 1.06 bits per heavy atom. The molecule has 0 bridgehead atoms. The van der Waals surface area contributed by atoms with Crippen LogP contribution in [0.3, 0.4) is 0 Å². The lowest BCUT2D eigenvalue weighted by molar-refractivity contribution is -0.159. The molecule has 2 atom stereocenters. The van der Waals surface area contributed by atoms with E-state index in [0.717, 1.165) is 57.5 Å². The second-order valence-corrected chi connectivity index (χ2v) is 9.49. The number of nitrogens with zero attached hydrogens (tertiary/aromatic N) is 1. The molecule has 1 amide bonds. The average Bonchev–Trinajstić information content (AvgIpc) is 3.30. The first-order valence-electron chi connectivity index (χ1n) is 12.1. The van der Waals surface area contributed by atoms with E-state index in [1.165, 1.54) is 29.5 Å². The number of benzene rings is 2. The van der Waals surface area contributed by atoms with Crippen molar-refractivity contribution in [3.8, 4) is 0 Å². The number of nitrogens with one attached hydrogen (secondary N) is 1. The predicted octanol–water partition coefficient (Wildman–Crippen LogP) is 4.34. The van der Waals surface area contributed by atoms with Crippen molar-refractivity contribution >= 4 is 11.6 Å². The molecule has 2 aliphatic heterocycles. The Morgan fingerprint density at radius 2 is 1.94 bits per heavy atom. The zero-order valence-corrected chi connectivity index (χ0v) is 18.9.